The maximum Gasteiger partial charge on any atom is 0.111 e. The van der Waals surface area contributed by atoms with Crippen LogP contribution in [0.1, 0.15) is 12.2 Å². The number of aryl methyl sites for hydroxylation is 1. The third-order valence-corrected chi connectivity index (χ3v) is 2.13. The summed E-state index contributed by atoms with van der Waals surface area (Å²) in [6.07, 6.45) is 2.95. The Labute approximate surface area is 76.2 Å². The first-order chi connectivity index (χ1) is 6.42. The van der Waals surface area contributed by atoms with Crippen molar-refractivity contribution in [2.75, 3.05) is 6.67 Å². The zero-order valence-corrected chi connectivity index (χ0v) is 7.29. The number of rotatable bonds is 3. The van der Waals surface area contributed by atoms with Gasteiger partial charge in [0, 0.05) is 17.2 Å². The zero-order chi connectivity index (χ0) is 9.10. The molecule has 0 bridgehead atoms. The van der Waals surface area contributed by atoms with E-state index in [0.717, 1.165) is 16.5 Å². The molecule has 0 aliphatic heterocycles. The number of furan rings is 1. The highest BCUT2D eigenvalue weighted by molar-refractivity contribution is 5.83. The molecule has 0 saturated carbocycles. The zero-order valence-electron chi connectivity index (χ0n) is 7.29. The Hall–Kier alpha value is -1.31. The van der Waals surface area contributed by atoms with E-state index in [2.05, 4.69) is 0 Å². The molecular weight excluding hydrogens is 167 g/mol. The molecule has 0 aliphatic rings. The average molecular weight is 178 g/mol. The van der Waals surface area contributed by atoms with Gasteiger partial charge in [-0.2, -0.15) is 0 Å². The summed E-state index contributed by atoms with van der Waals surface area (Å²) in [6, 6.07) is 7.94. The Morgan fingerprint density at radius 2 is 2.08 bits per heavy atom. The van der Waals surface area contributed by atoms with Crippen LogP contribution in [0, 0.1) is 0 Å². The van der Waals surface area contributed by atoms with E-state index in [9.17, 15) is 4.39 Å². The Bertz CT molecular complexity index is 392. The quantitative estimate of drug-likeness (QED) is 0.702. The Kier molecular flexibility index (Phi) is 2.30. The molecular formula is C11H11FO. The number of alkyl halides is 1. The Morgan fingerprint density at radius 3 is 2.92 bits per heavy atom. The van der Waals surface area contributed by atoms with E-state index in [4.69, 9.17) is 4.42 Å². The molecule has 0 spiro atoms. The lowest BCUT2D eigenvalue weighted by Crippen LogP contribution is -1.83. The highest BCUT2D eigenvalue weighted by Crippen LogP contribution is 2.21. The van der Waals surface area contributed by atoms with E-state index in [1.54, 1.807) is 6.26 Å². The van der Waals surface area contributed by atoms with Crippen molar-refractivity contribution < 1.29 is 8.81 Å². The van der Waals surface area contributed by atoms with Gasteiger partial charge in [0.1, 0.15) is 5.76 Å². The standard InChI is InChI=1S/C11H11FO/c12-7-3-6-11-10-5-2-1-4-9(10)8-13-11/h1-2,4-5,8H,3,6-7H2. The van der Waals surface area contributed by atoms with Gasteiger partial charge < -0.3 is 4.42 Å². The smallest absolute Gasteiger partial charge is 0.111 e. The summed E-state index contributed by atoms with van der Waals surface area (Å²) in [7, 11) is 0. The van der Waals surface area contributed by atoms with Crippen molar-refractivity contribution in [1.29, 1.82) is 0 Å². The molecule has 0 unspecified atom stereocenters. The summed E-state index contributed by atoms with van der Waals surface area (Å²) in [4.78, 5) is 0. The van der Waals surface area contributed by atoms with Crippen molar-refractivity contribution in [1.82, 2.24) is 0 Å². The van der Waals surface area contributed by atoms with Crippen molar-refractivity contribution in [3.8, 4) is 0 Å². The lowest BCUT2D eigenvalue weighted by atomic mass is 10.1. The summed E-state index contributed by atoms with van der Waals surface area (Å²) >= 11 is 0. The molecule has 1 aromatic carbocycles. The van der Waals surface area contributed by atoms with Crippen LogP contribution in [-0.2, 0) is 6.42 Å². The Morgan fingerprint density at radius 1 is 1.23 bits per heavy atom. The monoisotopic (exact) mass is 178 g/mol. The maximum atomic E-state index is 11.9. The minimum absolute atomic E-state index is 0.283. The van der Waals surface area contributed by atoms with Crippen molar-refractivity contribution in [2.24, 2.45) is 0 Å². The summed E-state index contributed by atoms with van der Waals surface area (Å²) in [5.74, 6) is 0.897. The van der Waals surface area contributed by atoms with Gasteiger partial charge in [-0.05, 0) is 6.42 Å². The molecule has 0 aliphatic carbocycles. The normalized spacial score (nSPS) is 10.8. The van der Waals surface area contributed by atoms with Gasteiger partial charge >= 0.3 is 0 Å². The van der Waals surface area contributed by atoms with Crippen molar-refractivity contribution in [3.63, 3.8) is 0 Å². The van der Waals surface area contributed by atoms with Crippen molar-refractivity contribution in [3.05, 3.63) is 36.3 Å². The van der Waals surface area contributed by atoms with Crippen LogP contribution in [0.3, 0.4) is 0 Å². The molecule has 1 heterocycles. The highest BCUT2D eigenvalue weighted by atomic mass is 19.1. The Balaban J connectivity index is 2.35. The third-order valence-electron chi connectivity index (χ3n) is 2.13. The molecule has 0 fully saturated rings. The fourth-order valence-corrected chi connectivity index (χ4v) is 1.47. The lowest BCUT2D eigenvalue weighted by Gasteiger charge is -1.93. The summed E-state index contributed by atoms with van der Waals surface area (Å²) < 4.78 is 17.3. The number of hydrogen-bond donors (Lipinski definition) is 0. The van der Waals surface area contributed by atoms with Gasteiger partial charge in [0.2, 0.25) is 0 Å². The number of hydrogen-bond acceptors (Lipinski definition) is 1. The predicted octanol–water partition coefficient (Wildman–Crippen LogP) is 3.33. The van der Waals surface area contributed by atoms with Crippen LogP contribution in [0.4, 0.5) is 4.39 Å². The van der Waals surface area contributed by atoms with E-state index in [0.29, 0.717) is 12.8 Å². The largest absolute Gasteiger partial charge is 0.468 e. The number of fused-ring (bicyclic) bond motifs is 1. The van der Waals surface area contributed by atoms with Crippen LogP contribution in [-0.4, -0.2) is 6.67 Å². The fraction of sp³-hybridized carbons (Fsp3) is 0.273. The van der Waals surface area contributed by atoms with Crippen molar-refractivity contribution >= 4 is 10.8 Å². The number of halogens is 1. The number of benzene rings is 1. The maximum absolute atomic E-state index is 11.9. The second kappa shape index (κ2) is 3.60. The van der Waals surface area contributed by atoms with Gasteiger partial charge in [0.25, 0.3) is 0 Å². The van der Waals surface area contributed by atoms with Crippen LogP contribution in [0.5, 0.6) is 0 Å². The molecule has 0 N–H and O–H groups in total. The first kappa shape index (κ1) is 8.30. The molecule has 1 nitrogen and oxygen atoms in total. The van der Waals surface area contributed by atoms with Crippen LogP contribution in [0.25, 0.3) is 10.8 Å². The fourth-order valence-electron chi connectivity index (χ4n) is 1.47. The molecule has 1 aromatic heterocycles. The first-order valence-corrected chi connectivity index (χ1v) is 4.43. The molecule has 68 valence electrons. The molecule has 2 heteroatoms. The van der Waals surface area contributed by atoms with E-state index >= 15 is 0 Å². The second-order valence-electron chi connectivity index (χ2n) is 3.04. The SMILES string of the molecule is FCCCc1occ2ccccc12. The van der Waals surface area contributed by atoms with Crippen LogP contribution < -0.4 is 0 Å². The summed E-state index contributed by atoms with van der Waals surface area (Å²) in [5.41, 5.74) is 0. The lowest BCUT2D eigenvalue weighted by molar-refractivity contribution is 0.444. The summed E-state index contributed by atoms with van der Waals surface area (Å²) in [6.45, 7) is -0.283. The van der Waals surface area contributed by atoms with Crippen LogP contribution >= 0.6 is 0 Å². The van der Waals surface area contributed by atoms with Gasteiger partial charge in [-0.15, -0.1) is 0 Å². The van der Waals surface area contributed by atoms with Gasteiger partial charge in [-0.3, -0.25) is 4.39 Å². The van der Waals surface area contributed by atoms with Crippen LogP contribution in [0.15, 0.2) is 34.9 Å². The molecule has 2 aromatic rings. The molecule has 2 rings (SSSR count). The average Bonchev–Trinajstić information content (AvgIpc) is 2.58. The van der Waals surface area contributed by atoms with E-state index in [-0.39, 0.29) is 6.67 Å². The van der Waals surface area contributed by atoms with E-state index < -0.39 is 0 Å². The molecule has 13 heavy (non-hydrogen) atoms. The molecule has 0 saturated heterocycles. The predicted molar refractivity (Wildman–Crippen MR) is 50.5 cm³/mol. The van der Waals surface area contributed by atoms with Gasteiger partial charge in [0.15, 0.2) is 0 Å². The van der Waals surface area contributed by atoms with Gasteiger partial charge in [0.05, 0.1) is 12.9 Å². The van der Waals surface area contributed by atoms with Gasteiger partial charge in [-0.1, -0.05) is 24.3 Å². The minimum atomic E-state index is -0.283. The van der Waals surface area contributed by atoms with E-state index in [1.165, 1.54) is 0 Å². The molecule has 0 radical (unpaired) electrons. The third kappa shape index (κ3) is 1.57. The molecule has 0 amide bonds. The van der Waals surface area contributed by atoms with E-state index in [1.807, 2.05) is 24.3 Å². The first-order valence-electron chi connectivity index (χ1n) is 4.43. The molecule has 0 atom stereocenters. The topological polar surface area (TPSA) is 13.1 Å². The van der Waals surface area contributed by atoms with Gasteiger partial charge in [-0.25, -0.2) is 0 Å². The highest BCUT2D eigenvalue weighted by Gasteiger charge is 2.03. The second-order valence-corrected chi connectivity index (χ2v) is 3.04. The summed E-state index contributed by atoms with van der Waals surface area (Å²) in [5, 5.41) is 2.20. The van der Waals surface area contributed by atoms with Crippen LogP contribution in [0.2, 0.25) is 0 Å². The minimum Gasteiger partial charge on any atom is -0.468 e. The van der Waals surface area contributed by atoms with Crippen molar-refractivity contribution in [2.45, 2.75) is 12.8 Å².